The molecule has 1 aromatic carbocycles. The van der Waals surface area contributed by atoms with E-state index in [2.05, 4.69) is 15.3 Å². The molecule has 2 N–H and O–H groups in total. The van der Waals surface area contributed by atoms with Gasteiger partial charge in [0.15, 0.2) is 5.69 Å². The molecule has 108 valence electrons. The maximum Gasteiger partial charge on any atom is 0.354 e. The van der Waals surface area contributed by atoms with Gasteiger partial charge in [0, 0.05) is 18.5 Å². The number of carboxylic acid groups (broad SMARTS) is 1. The lowest BCUT2D eigenvalue weighted by atomic mass is 10.0. The number of carboxylic acids is 1. The minimum Gasteiger partial charge on any atom is -0.477 e. The van der Waals surface area contributed by atoms with E-state index in [0.717, 1.165) is 28.9 Å². The smallest absolute Gasteiger partial charge is 0.354 e. The van der Waals surface area contributed by atoms with Gasteiger partial charge in [-0.15, -0.1) is 0 Å². The van der Waals surface area contributed by atoms with Crippen LogP contribution in [0.25, 0.3) is 0 Å². The fourth-order valence-corrected chi connectivity index (χ4v) is 2.65. The topological polar surface area (TPSA) is 75.1 Å². The minimum atomic E-state index is -0.971. The minimum absolute atomic E-state index is 0.157. The monoisotopic (exact) mass is 283 g/mol. The third kappa shape index (κ3) is 2.78. The number of aromatic nitrogens is 2. The van der Waals surface area contributed by atoms with E-state index in [1.54, 1.807) is 0 Å². The summed E-state index contributed by atoms with van der Waals surface area (Å²) in [5.41, 5.74) is 4.03. The van der Waals surface area contributed by atoms with E-state index >= 15 is 0 Å². The van der Waals surface area contributed by atoms with E-state index in [-0.39, 0.29) is 5.69 Å². The van der Waals surface area contributed by atoms with Crippen LogP contribution in [0.2, 0.25) is 0 Å². The second-order valence-corrected chi connectivity index (χ2v) is 5.25. The highest BCUT2D eigenvalue weighted by atomic mass is 16.4. The summed E-state index contributed by atoms with van der Waals surface area (Å²) >= 11 is 0. The zero-order valence-corrected chi connectivity index (χ0v) is 11.9. The predicted octanol–water partition coefficient (Wildman–Crippen LogP) is 1.72. The highest BCUT2D eigenvalue weighted by molar-refractivity contribution is 5.87. The fraction of sp³-hybridized carbons (Fsp3) is 0.312. The summed E-state index contributed by atoms with van der Waals surface area (Å²) in [5.74, 6) is -0.397. The Morgan fingerprint density at radius 1 is 1.33 bits per heavy atom. The van der Waals surface area contributed by atoms with Gasteiger partial charge in [-0.05, 0) is 31.0 Å². The second-order valence-electron chi connectivity index (χ2n) is 5.25. The maximum absolute atomic E-state index is 11.4. The van der Waals surface area contributed by atoms with Gasteiger partial charge >= 0.3 is 5.97 Å². The Bertz CT molecular complexity index is 698. The molecule has 1 aliphatic rings. The van der Waals surface area contributed by atoms with Crippen LogP contribution in [-0.2, 0) is 19.4 Å². The molecule has 1 aromatic heterocycles. The summed E-state index contributed by atoms with van der Waals surface area (Å²) in [7, 11) is 0. The SMILES string of the molecule is Cc1ccccc1Cc1nc2c(c(C(=O)O)n1)CCNC2. The van der Waals surface area contributed by atoms with Crippen molar-refractivity contribution in [2.75, 3.05) is 6.54 Å². The van der Waals surface area contributed by atoms with Gasteiger partial charge in [0.25, 0.3) is 0 Å². The van der Waals surface area contributed by atoms with Gasteiger partial charge in [-0.2, -0.15) is 0 Å². The summed E-state index contributed by atoms with van der Waals surface area (Å²) in [6, 6.07) is 8.02. The van der Waals surface area contributed by atoms with Crippen LogP contribution in [0.15, 0.2) is 24.3 Å². The molecule has 0 spiro atoms. The molecule has 0 amide bonds. The first kappa shape index (κ1) is 13.7. The highest BCUT2D eigenvalue weighted by Gasteiger charge is 2.21. The standard InChI is InChI=1S/C16H17N3O2/c1-10-4-2-3-5-11(10)8-14-18-13-9-17-7-6-12(13)15(19-14)16(20)21/h2-5,17H,6-9H2,1H3,(H,20,21). The molecule has 0 radical (unpaired) electrons. The number of nitrogens with zero attached hydrogens (tertiary/aromatic N) is 2. The Morgan fingerprint density at radius 3 is 2.90 bits per heavy atom. The van der Waals surface area contributed by atoms with Crippen LogP contribution in [0.1, 0.15) is 38.7 Å². The van der Waals surface area contributed by atoms with Gasteiger partial charge in [-0.3, -0.25) is 0 Å². The third-order valence-corrected chi connectivity index (χ3v) is 3.80. The number of aryl methyl sites for hydroxylation is 1. The maximum atomic E-state index is 11.4. The first-order valence-corrected chi connectivity index (χ1v) is 7.02. The number of rotatable bonds is 3. The van der Waals surface area contributed by atoms with Crippen LogP contribution in [-0.4, -0.2) is 27.6 Å². The van der Waals surface area contributed by atoms with E-state index in [4.69, 9.17) is 0 Å². The van der Waals surface area contributed by atoms with E-state index in [0.29, 0.717) is 25.2 Å². The Kier molecular flexibility index (Phi) is 3.66. The first-order valence-electron chi connectivity index (χ1n) is 7.02. The number of nitrogens with one attached hydrogen (secondary N) is 1. The number of hydrogen-bond acceptors (Lipinski definition) is 4. The van der Waals surface area contributed by atoms with Crippen molar-refractivity contribution in [2.45, 2.75) is 26.3 Å². The zero-order valence-electron chi connectivity index (χ0n) is 11.9. The summed E-state index contributed by atoms with van der Waals surface area (Å²) in [4.78, 5) is 20.3. The van der Waals surface area contributed by atoms with Crippen molar-refractivity contribution >= 4 is 5.97 Å². The fourth-order valence-electron chi connectivity index (χ4n) is 2.65. The quantitative estimate of drug-likeness (QED) is 0.897. The normalized spacial score (nSPS) is 13.8. The zero-order chi connectivity index (χ0) is 14.8. The summed E-state index contributed by atoms with van der Waals surface area (Å²) in [6.07, 6.45) is 1.22. The lowest BCUT2D eigenvalue weighted by Crippen LogP contribution is -2.28. The van der Waals surface area contributed by atoms with Crippen LogP contribution in [0.5, 0.6) is 0 Å². The van der Waals surface area contributed by atoms with E-state index in [1.165, 1.54) is 0 Å². The molecule has 0 unspecified atom stereocenters. The van der Waals surface area contributed by atoms with E-state index < -0.39 is 5.97 Å². The van der Waals surface area contributed by atoms with Crippen LogP contribution in [0, 0.1) is 6.92 Å². The van der Waals surface area contributed by atoms with E-state index in [1.807, 2.05) is 31.2 Å². The molecule has 2 heterocycles. The Hall–Kier alpha value is -2.27. The van der Waals surface area contributed by atoms with Crippen molar-refractivity contribution < 1.29 is 9.90 Å². The van der Waals surface area contributed by atoms with E-state index in [9.17, 15) is 9.90 Å². The molecule has 0 atom stereocenters. The molecule has 0 bridgehead atoms. The van der Waals surface area contributed by atoms with Gasteiger partial charge < -0.3 is 10.4 Å². The van der Waals surface area contributed by atoms with Crippen LogP contribution >= 0.6 is 0 Å². The van der Waals surface area contributed by atoms with Gasteiger partial charge in [-0.1, -0.05) is 24.3 Å². The van der Waals surface area contributed by atoms with Crippen molar-refractivity contribution in [1.82, 2.24) is 15.3 Å². The molecule has 2 aromatic rings. The van der Waals surface area contributed by atoms with Crippen LogP contribution < -0.4 is 5.32 Å². The average Bonchev–Trinajstić information content (AvgIpc) is 2.48. The predicted molar refractivity (Wildman–Crippen MR) is 78.4 cm³/mol. The van der Waals surface area contributed by atoms with Crippen molar-refractivity contribution in [2.24, 2.45) is 0 Å². The molecule has 21 heavy (non-hydrogen) atoms. The molecule has 0 fully saturated rings. The molecule has 5 nitrogen and oxygen atoms in total. The summed E-state index contributed by atoms with van der Waals surface area (Å²) in [6.45, 7) is 3.42. The van der Waals surface area contributed by atoms with Crippen molar-refractivity contribution in [3.8, 4) is 0 Å². The molecule has 5 heteroatoms. The number of aromatic carboxylic acids is 1. The first-order chi connectivity index (χ1) is 10.1. The van der Waals surface area contributed by atoms with Crippen molar-refractivity contribution in [3.05, 3.63) is 58.2 Å². The molecule has 1 aliphatic heterocycles. The lowest BCUT2D eigenvalue weighted by Gasteiger charge is -2.18. The molecule has 0 aliphatic carbocycles. The molecular weight excluding hydrogens is 266 g/mol. The average molecular weight is 283 g/mol. The van der Waals surface area contributed by atoms with Crippen LogP contribution in [0.3, 0.4) is 0 Å². The molecule has 3 rings (SSSR count). The molecule has 0 saturated heterocycles. The van der Waals surface area contributed by atoms with Crippen molar-refractivity contribution in [3.63, 3.8) is 0 Å². The summed E-state index contributed by atoms with van der Waals surface area (Å²) in [5, 5.41) is 12.6. The number of fused-ring (bicyclic) bond motifs is 1. The number of hydrogen-bond donors (Lipinski definition) is 2. The van der Waals surface area contributed by atoms with Gasteiger partial charge in [0.1, 0.15) is 5.82 Å². The third-order valence-electron chi connectivity index (χ3n) is 3.80. The van der Waals surface area contributed by atoms with Gasteiger partial charge in [0.05, 0.1) is 5.69 Å². The molecule has 0 saturated carbocycles. The Balaban J connectivity index is 2.01. The Labute approximate surface area is 123 Å². The van der Waals surface area contributed by atoms with Gasteiger partial charge in [-0.25, -0.2) is 14.8 Å². The number of carbonyl (C=O) groups is 1. The molecular formula is C16H17N3O2. The van der Waals surface area contributed by atoms with Crippen molar-refractivity contribution in [1.29, 1.82) is 0 Å². The van der Waals surface area contributed by atoms with Gasteiger partial charge in [0.2, 0.25) is 0 Å². The largest absolute Gasteiger partial charge is 0.477 e. The summed E-state index contributed by atoms with van der Waals surface area (Å²) < 4.78 is 0. The lowest BCUT2D eigenvalue weighted by molar-refractivity contribution is 0.0688. The highest BCUT2D eigenvalue weighted by Crippen LogP contribution is 2.18. The second kappa shape index (κ2) is 5.61. The number of benzene rings is 1. The van der Waals surface area contributed by atoms with Crippen LogP contribution in [0.4, 0.5) is 0 Å². The Morgan fingerprint density at radius 2 is 2.14 bits per heavy atom.